The molecule has 1 heterocycles. The predicted octanol–water partition coefficient (Wildman–Crippen LogP) is 1.38. The number of carbonyl (C=O) groups excluding carboxylic acids is 2. The molecule has 2 rings (SSSR count). The van der Waals surface area contributed by atoms with Crippen LogP contribution in [-0.2, 0) is 23.9 Å². The van der Waals surface area contributed by atoms with Gasteiger partial charge < -0.3 is 24.1 Å². The molecule has 1 aromatic carbocycles. The molecule has 1 aliphatic heterocycles. The van der Waals surface area contributed by atoms with Crippen LogP contribution >= 0.6 is 0 Å². The average Bonchev–Trinajstić information content (AvgIpc) is 2.48. The van der Waals surface area contributed by atoms with Crippen molar-refractivity contribution < 1.29 is 38.4 Å². The molecule has 1 saturated heterocycles. The standard InChI is InChI=1S/C16H16O8/c1-16(2)23-14(19)10(15(20)24-16)6-9-4-5-11(21-3)12(7-9)22-8-13(17)18/h4-7H,8H2,1-3H3,(H,17,18). The van der Waals surface area contributed by atoms with Crippen molar-refractivity contribution in [3.05, 3.63) is 29.3 Å². The van der Waals surface area contributed by atoms with Crippen molar-refractivity contribution in [2.75, 3.05) is 13.7 Å². The minimum Gasteiger partial charge on any atom is -0.493 e. The number of methoxy groups -OCH3 is 1. The first-order valence-corrected chi connectivity index (χ1v) is 6.93. The average molecular weight is 336 g/mol. The maximum atomic E-state index is 11.9. The number of carbonyl (C=O) groups is 3. The largest absolute Gasteiger partial charge is 0.493 e. The van der Waals surface area contributed by atoms with Crippen LogP contribution in [-0.4, -0.2) is 42.5 Å². The first-order chi connectivity index (χ1) is 11.2. The summed E-state index contributed by atoms with van der Waals surface area (Å²) in [6, 6.07) is 4.53. The van der Waals surface area contributed by atoms with Crippen molar-refractivity contribution in [3.8, 4) is 11.5 Å². The van der Waals surface area contributed by atoms with Gasteiger partial charge in [0, 0.05) is 13.8 Å². The van der Waals surface area contributed by atoms with E-state index in [0.717, 1.165) is 0 Å². The number of hydrogen-bond donors (Lipinski definition) is 1. The minimum atomic E-state index is -1.32. The molecule has 24 heavy (non-hydrogen) atoms. The first-order valence-electron chi connectivity index (χ1n) is 6.93. The molecule has 1 aromatic rings. The second-order valence-electron chi connectivity index (χ2n) is 5.33. The van der Waals surface area contributed by atoms with E-state index in [-0.39, 0.29) is 11.3 Å². The predicted molar refractivity (Wildman–Crippen MR) is 80.4 cm³/mol. The van der Waals surface area contributed by atoms with Gasteiger partial charge in [0.2, 0.25) is 0 Å². The summed E-state index contributed by atoms with van der Waals surface area (Å²) in [6.07, 6.45) is 1.27. The molecule has 0 unspecified atom stereocenters. The SMILES string of the molecule is COc1ccc(C=C2C(=O)OC(C)(C)OC2=O)cc1OCC(=O)O. The van der Waals surface area contributed by atoms with Gasteiger partial charge in [-0.15, -0.1) is 0 Å². The monoisotopic (exact) mass is 336 g/mol. The number of ether oxygens (including phenoxy) is 4. The Morgan fingerprint density at radius 1 is 1.21 bits per heavy atom. The number of esters is 2. The molecule has 0 radical (unpaired) electrons. The van der Waals surface area contributed by atoms with Gasteiger partial charge in [-0.2, -0.15) is 0 Å². The molecule has 1 fully saturated rings. The lowest BCUT2D eigenvalue weighted by molar-refractivity contribution is -0.222. The molecule has 0 saturated carbocycles. The van der Waals surface area contributed by atoms with E-state index in [1.54, 1.807) is 6.07 Å². The Morgan fingerprint density at radius 2 is 1.83 bits per heavy atom. The van der Waals surface area contributed by atoms with Crippen molar-refractivity contribution in [3.63, 3.8) is 0 Å². The molecule has 1 aliphatic rings. The lowest BCUT2D eigenvalue weighted by Gasteiger charge is -2.29. The van der Waals surface area contributed by atoms with Gasteiger partial charge in [-0.05, 0) is 23.8 Å². The highest BCUT2D eigenvalue weighted by atomic mass is 16.7. The van der Waals surface area contributed by atoms with E-state index in [1.807, 2.05) is 0 Å². The number of cyclic esters (lactones) is 2. The third-order valence-electron chi connectivity index (χ3n) is 2.97. The van der Waals surface area contributed by atoms with Crippen LogP contribution in [0.3, 0.4) is 0 Å². The van der Waals surface area contributed by atoms with Gasteiger partial charge in [-0.1, -0.05) is 6.07 Å². The Morgan fingerprint density at radius 3 is 2.38 bits per heavy atom. The zero-order chi connectivity index (χ0) is 17.9. The lowest BCUT2D eigenvalue weighted by Crippen LogP contribution is -2.41. The highest BCUT2D eigenvalue weighted by Crippen LogP contribution is 2.30. The van der Waals surface area contributed by atoms with Crippen LogP contribution in [0.1, 0.15) is 19.4 Å². The fourth-order valence-electron chi connectivity index (χ4n) is 1.98. The summed E-state index contributed by atoms with van der Waals surface area (Å²) in [5, 5.41) is 8.69. The molecule has 8 heteroatoms. The third-order valence-corrected chi connectivity index (χ3v) is 2.97. The van der Waals surface area contributed by atoms with Crippen LogP contribution in [0.5, 0.6) is 11.5 Å². The number of carboxylic acids is 1. The minimum absolute atomic E-state index is 0.159. The molecule has 0 bridgehead atoms. The topological polar surface area (TPSA) is 108 Å². The molecular weight excluding hydrogens is 320 g/mol. The molecular formula is C16H16O8. The summed E-state index contributed by atoms with van der Waals surface area (Å²) < 4.78 is 20.2. The summed E-state index contributed by atoms with van der Waals surface area (Å²) >= 11 is 0. The quantitative estimate of drug-likeness (QED) is 0.488. The van der Waals surface area contributed by atoms with E-state index in [2.05, 4.69) is 0 Å². The molecule has 128 valence electrons. The number of carboxylic acid groups (broad SMARTS) is 1. The Bertz CT molecular complexity index is 695. The van der Waals surface area contributed by atoms with Crippen LogP contribution in [0.4, 0.5) is 0 Å². The van der Waals surface area contributed by atoms with Gasteiger partial charge in [-0.3, -0.25) is 0 Å². The first kappa shape index (κ1) is 17.3. The summed E-state index contributed by atoms with van der Waals surface area (Å²) in [6.45, 7) is 2.34. The van der Waals surface area contributed by atoms with Crippen LogP contribution < -0.4 is 9.47 Å². The van der Waals surface area contributed by atoms with Gasteiger partial charge in [0.05, 0.1) is 7.11 Å². The summed E-state index contributed by atoms with van der Waals surface area (Å²) in [7, 11) is 1.40. The Labute approximate surface area is 137 Å². The van der Waals surface area contributed by atoms with E-state index >= 15 is 0 Å². The van der Waals surface area contributed by atoms with Crippen molar-refractivity contribution >= 4 is 24.0 Å². The summed E-state index contributed by atoms with van der Waals surface area (Å²) in [5.74, 6) is -3.61. The highest BCUT2D eigenvalue weighted by Gasteiger charge is 2.38. The van der Waals surface area contributed by atoms with E-state index in [9.17, 15) is 14.4 Å². The van der Waals surface area contributed by atoms with Gasteiger partial charge >= 0.3 is 17.9 Å². The molecule has 8 nitrogen and oxygen atoms in total. The fourth-order valence-corrected chi connectivity index (χ4v) is 1.98. The zero-order valence-corrected chi connectivity index (χ0v) is 13.3. The number of hydrogen-bond acceptors (Lipinski definition) is 7. The Kier molecular flexibility index (Phi) is 4.77. The number of aliphatic carboxylic acids is 1. The number of rotatable bonds is 5. The summed E-state index contributed by atoms with van der Waals surface area (Å²) in [5.41, 5.74) is 0.142. The number of benzene rings is 1. The molecule has 0 spiro atoms. The Balaban J connectivity index is 2.32. The Hall–Kier alpha value is -3.03. The molecule has 0 aliphatic carbocycles. The van der Waals surface area contributed by atoms with E-state index in [0.29, 0.717) is 11.3 Å². The van der Waals surface area contributed by atoms with E-state index in [4.69, 9.17) is 24.1 Å². The lowest BCUT2D eigenvalue weighted by atomic mass is 10.1. The zero-order valence-electron chi connectivity index (χ0n) is 13.3. The highest BCUT2D eigenvalue weighted by molar-refractivity contribution is 6.18. The maximum Gasteiger partial charge on any atom is 0.348 e. The maximum absolute atomic E-state index is 11.9. The van der Waals surface area contributed by atoms with E-state index < -0.39 is 30.3 Å². The smallest absolute Gasteiger partial charge is 0.348 e. The van der Waals surface area contributed by atoms with Crippen LogP contribution in [0.2, 0.25) is 0 Å². The second-order valence-corrected chi connectivity index (χ2v) is 5.33. The normalized spacial score (nSPS) is 16.0. The van der Waals surface area contributed by atoms with E-state index in [1.165, 1.54) is 39.2 Å². The fraction of sp³-hybridized carbons (Fsp3) is 0.312. The van der Waals surface area contributed by atoms with Crippen LogP contribution in [0, 0.1) is 0 Å². The third kappa shape index (κ3) is 4.03. The second kappa shape index (κ2) is 6.61. The van der Waals surface area contributed by atoms with Crippen molar-refractivity contribution in [1.29, 1.82) is 0 Å². The van der Waals surface area contributed by atoms with Crippen molar-refractivity contribution in [2.24, 2.45) is 0 Å². The molecule has 1 N–H and O–H groups in total. The van der Waals surface area contributed by atoms with Gasteiger partial charge in [0.15, 0.2) is 18.1 Å². The molecule has 0 amide bonds. The van der Waals surface area contributed by atoms with Crippen molar-refractivity contribution in [2.45, 2.75) is 19.6 Å². The van der Waals surface area contributed by atoms with Gasteiger partial charge in [0.1, 0.15) is 5.57 Å². The van der Waals surface area contributed by atoms with Crippen LogP contribution in [0.15, 0.2) is 23.8 Å². The van der Waals surface area contributed by atoms with Gasteiger partial charge in [-0.25, -0.2) is 14.4 Å². The molecule has 0 atom stereocenters. The van der Waals surface area contributed by atoms with Crippen molar-refractivity contribution in [1.82, 2.24) is 0 Å². The molecule has 0 aromatic heterocycles. The summed E-state index contributed by atoms with van der Waals surface area (Å²) in [4.78, 5) is 34.5. The van der Waals surface area contributed by atoms with Crippen LogP contribution in [0.25, 0.3) is 6.08 Å². The van der Waals surface area contributed by atoms with Gasteiger partial charge in [0.25, 0.3) is 5.79 Å².